The van der Waals surface area contributed by atoms with Crippen LogP contribution in [0.25, 0.3) is 10.9 Å². The Morgan fingerprint density at radius 1 is 1.15 bits per heavy atom. The first kappa shape index (κ1) is 17.7. The molecule has 3 rings (SSSR count). The highest BCUT2D eigenvalue weighted by Crippen LogP contribution is 2.40. The molecule has 0 atom stereocenters. The van der Waals surface area contributed by atoms with Crippen LogP contribution >= 0.6 is 0 Å². The van der Waals surface area contributed by atoms with Gasteiger partial charge in [0.05, 0.1) is 12.1 Å². The standard InChI is InChI=1S/C20H22N4O2/c1-13(2)24-17-11-7-5-9-15(17)19(20(24)26)23-22-18(25)12-21-16-10-6-4-8-14(16)3/h4-11,13,21,26H,12H2,1-3H3. The van der Waals surface area contributed by atoms with E-state index in [2.05, 4.69) is 15.5 Å². The molecule has 0 bridgehead atoms. The molecule has 3 aromatic rings. The van der Waals surface area contributed by atoms with Gasteiger partial charge in [0.15, 0.2) is 5.69 Å². The van der Waals surface area contributed by atoms with Gasteiger partial charge in [0.2, 0.25) is 5.88 Å². The van der Waals surface area contributed by atoms with E-state index in [9.17, 15) is 9.90 Å². The molecule has 2 N–H and O–H groups in total. The smallest absolute Gasteiger partial charge is 0.283 e. The summed E-state index contributed by atoms with van der Waals surface area (Å²) in [5.41, 5.74) is 3.11. The van der Waals surface area contributed by atoms with Gasteiger partial charge in [-0.3, -0.25) is 4.79 Å². The van der Waals surface area contributed by atoms with E-state index in [4.69, 9.17) is 0 Å². The van der Waals surface area contributed by atoms with Crippen LogP contribution in [0, 0.1) is 6.92 Å². The maximum atomic E-state index is 12.1. The number of nitrogens with one attached hydrogen (secondary N) is 1. The Labute approximate surface area is 152 Å². The van der Waals surface area contributed by atoms with Gasteiger partial charge >= 0.3 is 0 Å². The fraction of sp³-hybridized carbons (Fsp3) is 0.250. The molecule has 134 valence electrons. The van der Waals surface area contributed by atoms with Gasteiger partial charge < -0.3 is 15.0 Å². The average molecular weight is 350 g/mol. The van der Waals surface area contributed by atoms with Crippen LogP contribution in [-0.2, 0) is 4.79 Å². The second kappa shape index (κ2) is 7.39. The first-order valence-corrected chi connectivity index (χ1v) is 8.55. The first-order chi connectivity index (χ1) is 12.5. The number of carbonyl (C=O) groups excluding carboxylic acids is 1. The van der Waals surface area contributed by atoms with E-state index in [1.54, 1.807) is 4.57 Å². The average Bonchev–Trinajstić information content (AvgIpc) is 2.90. The number of carbonyl (C=O) groups is 1. The minimum Gasteiger partial charge on any atom is -0.493 e. The highest BCUT2D eigenvalue weighted by Gasteiger charge is 2.18. The van der Waals surface area contributed by atoms with E-state index in [0.29, 0.717) is 5.69 Å². The summed E-state index contributed by atoms with van der Waals surface area (Å²) in [6, 6.07) is 15.3. The predicted octanol–water partition coefficient (Wildman–Crippen LogP) is 4.96. The lowest BCUT2D eigenvalue weighted by atomic mass is 10.2. The van der Waals surface area contributed by atoms with Gasteiger partial charge in [-0.25, -0.2) is 0 Å². The van der Waals surface area contributed by atoms with Gasteiger partial charge in [0, 0.05) is 17.1 Å². The summed E-state index contributed by atoms with van der Waals surface area (Å²) >= 11 is 0. The molecule has 0 fully saturated rings. The molecular weight excluding hydrogens is 328 g/mol. The molecule has 6 nitrogen and oxygen atoms in total. The van der Waals surface area contributed by atoms with Crippen LogP contribution in [0.4, 0.5) is 11.4 Å². The van der Waals surface area contributed by atoms with Gasteiger partial charge in [0.25, 0.3) is 5.91 Å². The van der Waals surface area contributed by atoms with Crippen molar-refractivity contribution < 1.29 is 9.90 Å². The summed E-state index contributed by atoms with van der Waals surface area (Å²) < 4.78 is 1.78. The highest BCUT2D eigenvalue weighted by atomic mass is 16.3. The van der Waals surface area contributed by atoms with E-state index < -0.39 is 5.91 Å². The number of aromatic hydroxyl groups is 1. The molecule has 1 heterocycles. The van der Waals surface area contributed by atoms with E-state index in [1.165, 1.54) is 0 Å². The lowest BCUT2D eigenvalue weighted by Gasteiger charge is -2.10. The number of aryl methyl sites for hydroxylation is 1. The Kier molecular flexibility index (Phi) is 5.02. The molecule has 0 aliphatic carbocycles. The summed E-state index contributed by atoms with van der Waals surface area (Å²) in [5, 5.41) is 22.2. The summed E-state index contributed by atoms with van der Waals surface area (Å²) in [6.07, 6.45) is 0. The van der Waals surface area contributed by atoms with Crippen LogP contribution in [0.5, 0.6) is 5.88 Å². The molecule has 0 spiro atoms. The molecule has 6 heteroatoms. The molecule has 0 unspecified atom stereocenters. The van der Waals surface area contributed by atoms with Crippen molar-refractivity contribution in [1.82, 2.24) is 4.57 Å². The molecule has 26 heavy (non-hydrogen) atoms. The largest absolute Gasteiger partial charge is 0.493 e. The van der Waals surface area contributed by atoms with E-state index in [0.717, 1.165) is 22.2 Å². The number of para-hydroxylation sites is 2. The zero-order valence-corrected chi connectivity index (χ0v) is 15.1. The fourth-order valence-corrected chi connectivity index (χ4v) is 2.94. The minimum atomic E-state index is -0.408. The second-order valence-corrected chi connectivity index (χ2v) is 6.42. The third kappa shape index (κ3) is 3.44. The van der Waals surface area contributed by atoms with Crippen LogP contribution in [0.1, 0.15) is 25.5 Å². The Morgan fingerprint density at radius 2 is 1.85 bits per heavy atom. The number of amides is 1. The Bertz CT molecular complexity index is 973. The molecule has 1 amide bonds. The van der Waals surface area contributed by atoms with Gasteiger partial charge in [-0.15, -0.1) is 10.2 Å². The molecule has 0 aliphatic rings. The van der Waals surface area contributed by atoms with E-state index in [1.807, 2.05) is 69.3 Å². The number of aromatic nitrogens is 1. The van der Waals surface area contributed by atoms with Crippen LogP contribution in [-0.4, -0.2) is 22.1 Å². The number of benzene rings is 2. The highest BCUT2D eigenvalue weighted by molar-refractivity contribution is 5.95. The SMILES string of the molecule is Cc1ccccc1NCC(=O)N=Nc1c(O)n(C(C)C)c2ccccc12. The van der Waals surface area contributed by atoms with Crippen molar-refractivity contribution in [2.45, 2.75) is 26.8 Å². The maximum Gasteiger partial charge on any atom is 0.283 e. The summed E-state index contributed by atoms with van der Waals surface area (Å²) in [7, 11) is 0. The van der Waals surface area contributed by atoms with Crippen molar-refractivity contribution in [3.8, 4) is 5.88 Å². The normalized spacial score (nSPS) is 11.5. The monoisotopic (exact) mass is 350 g/mol. The van der Waals surface area contributed by atoms with Gasteiger partial charge in [-0.1, -0.05) is 36.4 Å². The van der Waals surface area contributed by atoms with E-state index >= 15 is 0 Å². The van der Waals surface area contributed by atoms with Crippen LogP contribution < -0.4 is 5.32 Å². The lowest BCUT2D eigenvalue weighted by Crippen LogP contribution is -2.11. The number of fused-ring (bicyclic) bond motifs is 1. The second-order valence-electron chi connectivity index (χ2n) is 6.42. The van der Waals surface area contributed by atoms with Gasteiger partial charge in [0.1, 0.15) is 0 Å². The topological polar surface area (TPSA) is 79.0 Å². The Hall–Kier alpha value is -3.15. The maximum absolute atomic E-state index is 12.1. The number of rotatable bonds is 5. The summed E-state index contributed by atoms with van der Waals surface area (Å²) in [4.78, 5) is 12.1. The quantitative estimate of drug-likeness (QED) is 0.638. The van der Waals surface area contributed by atoms with Crippen molar-refractivity contribution in [2.75, 3.05) is 11.9 Å². The molecule has 0 radical (unpaired) electrons. The number of anilines is 1. The molecule has 0 saturated heterocycles. The van der Waals surface area contributed by atoms with Crippen molar-refractivity contribution >= 4 is 28.2 Å². The third-order valence-corrected chi connectivity index (χ3v) is 4.21. The first-order valence-electron chi connectivity index (χ1n) is 8.55. The van der Waals surface area contributed by atoms with Gasteiger partial charge in [-0.2, -0.15) is 0 Å². The van der Waals surface area contributed by atoms with Crippen LogP contribution in [0.3, 0.4) is 0 Å². The number of hydrogen-bond donors (Lipinski definition) is 2. The van der Waals surface area contributed by atoms with Gasteiger partial charge in [-0.05, 0) is 38.5 Å². The molecule has 0 saturated carbocycles. The van der Waals surface area contributed by atoms with Crippen molar-refractivity contribution in [3.05, 3.63) is 54.1 Å². The van der Waals surface area contributed by atoms with Crippen molar-refractivity contribution in [1.29, 1.82) is 0 Å². The third-order valence-electron chi connectivity index (χ3n) is 4.21. The van der Waals surface area contributed by atoms with Crippen LogP contribution in [0.15, 0.2) is 58.8 Å². The Morgan fingerprint density at radius 3 is 2.58 bits per heavy atom. The van der Waals surface area contributed by atoms with Crippen LogP contribution in [0.2, 0.25) is 0 Å². The van der Waals surface area contributed by atoms with Crippen molar-refractivity contribution in [2.24, 2.45) is 10.2 Å². The molecule has 0 aliphatic heterocycles. The Balaban J connectivity index is 1.81. The fourth-order valence-electron chi connectivity index (χ4n) is 2.94. The number of azo groups is 1. The minimum absolute atomic E-state index is 0.0182. The van der Waals surface area contributed by atoms with Crippen molar-refractivity contribution in [3.63, 3.8) is 0 Å². The zero-order valence-electron chi connectivity index (χ0n) is 15.1. The number of nitrogens with zero attached hydrogens (tertiary/aromatic N) is 3. The predicted molar refractivity (Wildman–Crippen MR) is 103 cm³/mol. The number of hydrogen-bond acceptors (Lipinski definition) is 4. The lowest BCUT2D eigenvalue weighted by molar-refractivity contribution is -0.116. The molecule has 2 aromatic carbocycles. The summed E-state index contributed by atoms with van der Waals surface area (Å²) in [6.45, 7) is 5.96. The van der Waals surface area contributed by atoms with E-state index in [-0.39, 0.29) is 18.5 Å². The molecule has 1 aromatic heterocycles. The summed E-state index contributed by atoms with van der Waals surface area (Å²) in [5.74, 6) is -0.390. The molecular formula is C20H22N4O2. The zero-order chi connectivity index (χ0) is 18.7.